The number of thiophene rings is 1. The van der Waals surface area contributed by atoms with Crippen molar-refractivity contribution in [2.24, 2.45) is 11.7 Å². The van der Waals surface area contributed by atoms with Gasteiger partial charge in [0.25, 0.3) is 0 Å². The number of aliphatic carboxylic acids is 1. The van der Waals surface area contributed by atoms with E-state index < -0.39 is 90.0 Å². The number of aromatic nitrogens is 2. The molecule has 1 fully saturated rings. The molecule has 2 aliphatic rings. The van der Waals surface area contributed by atoms with Gasteiger partial charge in [0, 0.05) is 60.9 Å². The number of nitrogens with one attached hydrogen (secondary N) is 6. The average Bonchev–Trinajstić information content (AvgIpc) is 4.04. The monoisotopic (exact) mass is 905 g/mol. The lowest BCUT2D eigenvalue weighted by molar-refractivity contribution is -0.143. The average molecular weight is 906 g/mol. The van der Waals surface area contributed by atoms with E-state index in [4.69, 9.17) is 5.73 Å². The van der Waals surface area contributed by atoms with Crippen molar-refractivity contribution in [1.29, 1.82) is 0 Å². The van der Waals surface area contributed by atoms with Crippen molar-refractivity contribution in [2.75, 3.05) is 12.3 Å². The molecular weight excluding hydrogens is 851 g/mol. The molecule has 63 heavy (non-hydrogen) atoms. The molecule has 1 saturated heterocycles. The van der Waals surface area contributed by atoms with E-state index in [1.165, 1.54) is 34.9 Å². The second-order valence-electron chi connectivity index (χ2n) is 16.5. The molecule has 338 valence electrons. The summed E-state index contributed by atoms with van der Waals surface area (Å²) in [5.41, 5.74) is 7.18. The molecule has 6 atom stereocenters. The summed E-state index contributed by atoms with van der Waals surface area (Å²) in [6.07, 6.45) is 5.05. The quantitative estimate of drug-likeness (QED) is 0.128. The molecule has 1 aromatic carbocycles. The molecule has 0 spiro atoms. The molecule has 7 amide bonds. The van der Waals surface area contributed by atoms with E-state index >= 15 is 0 Å². The number of nitrogens with zero attached hydrogens (tertiary/aromatic N) is 2. The van der Waals surface area contributed by atoms with Gasteiger partial charge < -0.3 is 51.9 Å². The van der Waals surface area contributed by atoms with E-state index in [1.54, 1.807) is 6.20 Å². The minimum Gasteiger partial charge on any atom is -0.481 e. The molecule has 6 rings (SSSR count). The minimum absolute atomic E-state index is 0.00860. The number of carbonyl (C=O) groups excluding carboxylic acids is 7. The third-order valence-electron chi connectivity index (χ3n) is 11.2. The molecule has 9 N–H and O–H groups in total. The van der Waals surface area contributed by atoms with E-state index in [0.717, 1.165) is 26.0 Å². The zero-order chi connectivity index (χ0) is 45.4. The van der Waals surface area contributed by atoms with Crippen molar-refractivity contribution >= 4 is 91.4 Å². The molecular formula is C43H55N9O9S2. The van der Waals surface area contributed by atoms with Gasteiger partial charge in [0.2, 0.25) is 41.4 Å². The second-order valence-corrected chi connectivity index (χ2v) is 18.4. The molecule has 0 saturated carbocycles. The maximum Gasteiger partial charge on any atom is 0.305 e. The number of carboxylic acids is 1. The number of aryl methyl sites for hydroxylation is 1. The highest BCUT2D eigenvalue weighted by Gasteiger charge is 2.40. The highest BCUT2D eigenvalue weighted by molar-refractivity contribution is 7.99. The van der Waals surface area contributed by atoms with Crippen LogP contribution in [-0.4, -0.2) is 115 Å². The zero-order valence-electron chi connectivity index (χ0n) is 35.4. The summed E-state index contributed by atoms with van der Waals surface area (Å²) in [7, 11) is 0. The Hall–Kier alpha value is -5.89. The van der Waals surface area contributed by atoms with E-state index in [-0.39, 0.29) is 37.5 Å². The Morgan fingerprint density at radius 1 is 0.889 bits per heavy atom. The third kappa shape index (κ3) is 11.8. The van der Waals surface area contributed by atoms with E-state index in [9.17, 15) is 43.5 Å². The van der Waals surface area contributed by atoms with E-state index in [2.05, 4.69) is 31.6 Å². The number of primary amides is 1. The standard InChI is InChI=1S/C43H55N9O9S2/c1-23(2)17-32-42(61)52-15-8-12-34(52)41(60)47-29(37(44)56)11-6-7-14-51-21-25-13-16-62-36(25)43(51)63-22-33(46-24(3)53)40(59)49-31(19-35(54)55)39(58)48-30(38(57)50-32)18-26-20-45-28-10-5-4-9-27(26)28/h4-5,9-10,13,16,20-21,23,29-34,45H,6-8,11-12,14-15,17-19,22H2,1-3H3,(H2,44,56)(H,46,53)(H,47,60)(H,48,58)(H,49,59)(H,50,57)(H,54,55)/t29-,30-,31-,32-,33-,34-/m0/s1. The number of aromatic amines is 1. The lowest BCUT2D eigenvalue weighted by atomic mass is 9.99. The molecule has 0 unspecified atom stereocenters. The fourth-order valence-corrected chi connectivity index (χ4v) is 10.4. The van der Waals surface area contributed by atoms with Crippen LogP contribution in [0.1, 0.15) is 71.3 Å². The number of nitrogens with two attached hydrogens (primary N) is 1. The van der Waals surface area contributed by atoms with Crippen LogP contribution in [0.4, 0.5) is 0 Å². The van der Waals surface area contributed by atoms with Gasteiger partial charge in [0.05, 0.1) is 16.1 Å². The first-order chi connectivity index (χ1) is 30.1. The van der Waals surface area contributed by atoms with Crippen LogP contribution in [0, 0.1) is 5.92 Å². The first-order valence-electron chi connectivity index (χ1n) is 21.1. The SMILES string of the molecule is CC(=O)N[C@H]1CSc2c3sccc3cn2CCCC[C@@H](C(N)=O)NC(=O)[C@@H]2CCCN2C(=O)[C@H](CC(C)C)NC(=O)[C@H](Cc2c[nH]c3ccccc23)NC(=O)[C@H](CC(=O)O)NC1=O. The van der Waals surface area contributed by atoms with Gasteiger partial charge in [-0.05, 0) is 67.5 Å². The molecule has 0 radical (unpaired) electrons. The maximum absolute atomic E-state index is 14.5. The molecule has 2 aliphatic heterocycles. The van der Waals surface area contributed by atoms with Crippen LogP contribution >= 0.6 is 23.1 Å². The summed E-state index contributed by atoms with van der Waals surface area (Å²) < 4.78 is 2.96. The van der Waals surface area contributed by atoms with Gasteiger partial charge in [-0.1, -0.05) is 32.0 Å². The number of H-pyrrole nitrogens is 1. The molecule has 5 heterocycles. The fraction of sp³-hybridized carbons (Fsp3) is 0.488. The number of benzene rings is 1. The second kappa shape index (κ2) is 21.0. The van der Waals surface area contributed by atoms with Gasteiger partial charge in [-0.3, -0.25) is 38.4 Å². The molecule has 18 nitrogen and oxygen atoms in total. The Bertz CT molecular complexity index is 2360. The van der Waals surface area contributed by atoms with Crippen LogP contribution in [0.25, 0.3) is 21.0 Å². The Balaban J connectivity index is 1.37. The summed E-state index contributed by atoms with van der Waals surface area (Å²) in [6, 6.07) is 1.96. The van der Waals surface area contributed by atoms with Crippen molar-refractivity contribution in [3.8, 4) is 0 Å². The number of fused-ring (bicyclic) bond motifs is 5. The van der Waals surface area contributed by atoms with Crippen molar-refractivity contribution in [3.05, 3.63) is 53.7 Å². The number of amides is 7. The van der Waals surface area contributed by atoms with Gasteiger partial charge >= 0.3 is 5.97 Å². The Morgan fingerprint density at radius 2 is 1.62 bits per heavy atom. The Kier molecular flexibility index (Phi) is 15.5. The summed E-state index contributed by atoms with van der Waals surface area (Å²) in [5.74, 6) is -6.33. The molecule has 0 bridgehead atoms. The maximum atomic E-state index is 14.5. The number of carbonyl (C=O) groups is 8. The van der Waals surface area contributed by atoms with Crippen molar-refractivity contribution in [3.63, 3.8) is 0 Å². The van der Waals surface area contributed by atoms with Gasteiger partial charge in [-0.25, -0.2) is 0 Å². The smallest absolute Gasteiger partial charge is 0.305 e. The first-order valence-corrected chi connectivity index (χ1v) is 23.0. The normalized spacial score (nSPS) is 23.9. The number of para-hydroxylation sites is 1. The summed E-state index contributed by atoms with van der Waals surface area (Å²) >= 11 is 2.80. The van der Waals surface area contributed by atoms with Gasteiger partial charge in [-0.2, -0.15) is 0 Å². The number of carboxylic acid groups (broad SMARTS) is 1. The predicted octanol–water partition coefficient (Wildman–Crippen LogP) is 2.14. The first kappa shape index (κ1) is 46.6. The van der Waals surface area contributed by atoms with Crippen LogP contribution < -0.4 is 32.3 Å². The van der Waals surface area contributed by atoms with Crippen molar-refractivity contribution in [1.82, 2.24) is 41.0 Å². The zero-order valence-corrected chi connectivity index (χ0v) is 37.1. The van der Waals surface area contributed by atoms with E-state index in [1.807, 2.05) is 60.3 Å². The van der Waals surface area contributed by atoms with Gasteiger partial charge in [-0.15, -0.1) is 23.1 Å². The third-order valence-corrected chi connectivity index (χ3v) is 13.5. The van der Waals surface area contributed by atoms with Crippen LogP contribution in [0.5, 0.6) is 0 Å². The van der Waals surface area contributed by atoms with Gasteiger partial charge in [0.15, 0.2) is 0 Å². The Labute approximate surface area is 372 Å². The molecule has 3 aromatic heterocycles. The van der Waals surface area contributed by atoms with E-state index in [0.29, 0.717) is 37.8 Å². The topological polar surface area (TPSA) is 267 Å². The summed E-state index contributed by atoms with van der Waals surface area (Å²) in [6.45, 7) is 5.71. The Morgan fingerprint density at radius 3 is 2.35 bits per heavy atom. The van der Waals surface area contributed by atoms with Crippen LogP contribution in [-0.2, 0) is 51.3 Å². The fourth-order valence-electron chi connectivity index (χ4n) is 8.17. The van der Waals surface area contributed by atoms with Gasteiger partial charge in [0.1, 0.15) is 36.3 Å². The highest BCUT2D eigenvalue weighted by atomic mass is 32.2. The lowest BCUT2D eigenvalue weighted by Gasteiger charge is -2.31. The molecule has 4 aromatic rings. The number of hydrogen-bond donors (Lipinski definition) is 8. The van der Waals surface area contributed by atoms with Crippen LogP contribution in [0.15, 0.2) is 53.1 Å². The summed E-state index contributed by atoms with van der Waals surface area (Å²) in [5, 5.41) is 27.8. The van der Waals surface area contributed by atoms with Crippen LogP contribution in [0.2, 0.25) is 0 Å². The predicted molar refractivity (Wildman–Crippen MR) is 237 cm³/mol. The van der Waals surface area contributed by atoms with Crippen LogP contribution in [0.3, 0.4) is 0 Å². The van der Waals surface area contributed by atoms with Crippen molar-refractivity contribution in [2.45, 2.75) is 120 Å². The lowest BCUT2D eigenvalue weighted by Crippen LogP contribution is -2.60. The molecule has 0 aliphatic carbocycles. The van der Waals surface area contributed by atoms with Crippen molar-refractivity contribution < 1.29 is 43.5 Å². The number of thioether (sulfide) groups is 1. The number of hydrogen-bond acceptors (Lipinski definition) is 10. The number of rotatable bonds is 8. The largest absolute Gasteiger partial charge is 0.481 e. The minimum atomic E-state index is -1.67. The highest BCUT2D eigenvalue weighted by Crippen LogP contribution is 2.35. The summed E-state index contributed by atoms with van der Waals surface area (Å²) in [4.78, 5) is 113. The molecule has 20 heteroatoms.